The van der Waals surface area contributed by atoms with E-state index < -0.39 is 6.10 Å². The normalized spacial score (nSPS) is 12.9. The molecule has 0 saturated heterocycles. The van der Waals surface area contributed by atoms with Gasteiger partial charge in [0.15, 0.2) is 6.10 Å². The Hall–Kier alpha value is -3.93. The zero-order chi connectivity index (χ0) is 52.9. The maximum atomic E-state index is 12.9. The Morgan fingerprint density at radius 3 is 0.932 bits per heavy atom. The van der Waals surface area contributed by atoms with Crippen LogP contribution in [0.4, 0.5) is 0 Å². The summed E-state index contributed by atoms with van der Waals surface area (Å²) < 4.78 is 16.8. The standard InChI is InChI=1S/C67H112O6/c1-4-7-10-13-16-19-22-24-26-28-30-31-32-33-34-35-36-37-38-40-41-43-45-48-51-54-57-60-66(69)72-63-64(62-71-65(68)59-56-53-50-47-21-18-15-12-9-6-3)73-67(70)61-58-55-52-49-46-44-42-39-29-27-25-23-20-17-14-11-8-5-2/h7,10,12,15-16,19,24,26,30-31,33-34,36-37,40-41,45,48,64H,4-6,8-9,11,13-14,17-18,20-23,25,27-29,32,35,38-39,42-44,46-47,49-63H2,1-3H3/b10-7-,15-12-,19-16-,26-24-,31-30-,34-33-,37-36-,41-40-,48-45-. The Balaban J connectivity index is 4.36. The third-order valence-electron chi connectivity index (χ3n) is 12.7. The first kappa shape index (κ1) is 69.1. The quantitative estimate of drug-likeness (QED) is 0.0261. The van der Waals surface area contributed by atoms with E-state index in [-0.39, 0.29) is 31.1 Å². The summed E-state index contributed by atoms with van der Waals surface area (Å²) in [5.41, 5.74) is 0. The van der Waals surface area contributed by atoms with Crippen LogP contribution in [-0.2, 0) is 28.6 Å². The van der Waals surface area contributed by atoms with Gasteiger partial charge in [0.05, 0.1) is 0 Å². The van der Waals surface area contributed by atoms with E-state index in [1.807, 2.05) is 0 Å². The van der Waals surface area contributed by atoms with E-state index in [1.165, 1.54) is 109 Å². The van der Waals surface area contributed by atoms with Crippen LogP contribution in [0, 0.1) is 0 Å². The molecule has 0 aliphatic carbocycles. The molecule has 1 atom stereocenters. The van der Waals surface area contributed by atoms with Crippen LogP contribution >= 0.6 is 0 Å². The second-order valence-corrected chi connectivity index (χ2v) is 19.9. The average Bonchev–Trinajstić information content (AvgIpc) is 3.39. The van der Waals surface area contributed by atoms with Gasteiger partial charge in [0.25, 0.3) is 0 Å². The van der Waals surface area contributed by atoms with Crippen LogP contribution in [0.1, 0.15) is 278 Å². The lowest BCUT2D eigenvalue weighted by atomic mass is 10.0. The Morgan fingerprint density at radius 1 is 0.288 bits per heavy atom. The monoisotopic (exact) mass is 1010 g/mol. The fraction of sp³-hybridized carbons (Fsp3) is 0.687. The first-order valence-electron chi connectivity index (χ1n) is 30.4. The van der Waals surface area contributed by atoms with Crippen LogP contribution in [0.5, 0.6) is 0 Å². The van der Waals surface area contributed by atoms with Gasteiger partial charge in [0, 0.05) is 19.3 Å². The zero-order valence-electron chi connectivity index (χ0n) is 47.6. The molecule has 0 bridgehead atoms. The first-order chi connectivity index (χ1) is 36.0. The van der Waals surface area contributed by atoms with E-state index in [0.717, 1.165) is 128 Å². The maximum Gasteiger partial charge on any atom is 0.306 e. The molecule has 0 amide bonds. The molecule has 6 nitrogen and oxygen atoms in total. The minimum Gasteiger partial charge on any atom is -0.462 e. The van der Waals surface area contributed by atoms with E-state index in [1.54, 1.807) is 0 Å². The smallest absolute Gasteiger partial charge is 0.306 e. The lowest BCUT2D eigenvalue weighted by Gasteiger charge is -2.18. The molecule has 0 rings (SSSR count). The molecule has 0 radical (unpaired) electrons. The molecule has 0 fully saturated rings. The van der Waals surface area contributed by atoms with Gasteiger partial charge in [-0.25, -0.2) is 0 Å². The second-order valence-electron chi connectivity index (χ2n) is 19.9. The predicted molar refractivity (Wildman–Crippen MR) is 316 cm³/mol. The van der Waals surface area contributed by atoms with Crippen LogP contribution in [-0.4, -0.2) is 37.2 Å². The highest BCUT2D eigenvalue weighted by Crippen LogP contribution is 2.16. The first-order valence-corrected chi connectivity index (χ1v) is 30.4. The Labute approximate surface area is 450 Å². The number of carbonyl (C=O) groups excluding carboxylic acids is 3. The van der Waals surface area contributed by atoms with E-state index in [0.29, 0.717) is 19.3 Å². The van der Waals surface area contributed by atoms with E-state index in [4.69, 9.17) is 14.2 Å². The van der Waals surface area contributed by atoms with Crippen molar-refractivity contribution < 1.29 is 28.6 Å². The molecular weight excluding hydrogens is 901 g/mol. The highest BCUT2D eigenvalue weighted by Gasteiger charge is 2.19. The van der Waals surface area contributed by atoms with Crippen LogP contribution in [0.15, 0.2) is 109 Å². The van der Waals surface area contributed by atoms with E-state index in [9.17, 15) is 14.4 Å². The summed E-state index contributed by atoms with van der Waals surface area (Å²) in [6.07, 6.45) is 82.4. The SMILES string of the molecule is CC/C=C\C/C=C\C/C=C\C/C=C\C/C=C\C/C=C\C/C=C\C/C=C\CCCCC(=O)OCC(COC(=O)CCCCCCC/C=C\CCC)OC(=O)CCCCCCCCCCCCCCCCCCCC. The Kier molecular flexibility index (Phi) is 57.4. The van der Waals surface area contributed by atoms with Crippen LogP contribution in [0.25, 0.3) is 0 Å². The fourth-order valence-corrected chi connectivity index (χ4v) is 8.23. The number of hydrogen-bond donors (Lipinski definition) is 0. The number of hydrogen-bond acceptors (Lipinski definition) is 6. The number of carbonyl (C=O) groups is 3. The number of allylic oxidation sites excluding steroid dienone is 18. The van der Waals surface area contributed by atoms with Gasteiger partial charge in [0.1, 0.15) is 13.2 Å². The van der Waals surface area contributed by atoms with Crippen molar-refractivity contribution in [3.05, 3.63) is 109 Å². The molecule has 0 N–H and O–H groups in total. The third kappa shape index (κ3) is 58.8. The molecule has 0 aliphatic heterocycles. The molecule has 0 aliphatic rings. The fourth-order valence-electron chi connectivity index (χ4n) is 8.23. The van der Waals surface area contributed by atoms with E-state index in [2.05, 4.69) is 130 Å². The maximum absolute atomic E-state index is 12.9. The van der Waals surface area contributed by atoms with Gasteiger partial charge in [-0.1, -0.05) is 265 Å². The summed E-state index contributed by atoms with van der Waals surface area (Å²) in [5, 5.41) is 0. The molecule has 0 aromatic carbocycles. The zero-order valence-corrected chi connectivity index (χ0v) is 47.6. The summed E-state index contributed by atoms with van der Waals surface area (Å²) in [6, 6.07) is 0. The molecule has 0 saturated carbocycles. The molecular formula is C67H112O6. The summed E-state index contributed by atoms with van der Waals surface area (Å²) in [6.45, 7) is 6.44. The number of esters is 3. The highest BCUT2D eigenvalue weighted by molar-refractivity contribution is 5.71. The van der Waals surface area contributed by atoms with E-state index >= 15 is 0 Å². The summed E-state index contributed by atoms with van der Waals surface area (Å²) in [7, 11) is 0. The summed E-state index contributed by atoms with van der Waals surface area (Å²) >= 11 is 0. The Bertz CT molecular complexity index is 1490. The summed E-state index contributed by atoms with van der Waals surface area (Å²) in [5.74, 6) is -0.946. The molecule has 0 aromatic rings. The van der Waals surface area contributed by atoms with Crippen molar-refractivity contribution in [2.75, 3.05) is 13.2 Å². The van der Waals surface area contributed by atoms with Gasteiger partial charge < -0.3 is 14.2 Å². The lowest BCUT2D eigenvalue weighted by molar-refractivity contribution is -0.167. The van der Waals surface area contributed by atoms with Crippen molar-refractivity contribution in [1.29, 1.82) is 0 Å². The number of unbranched alkanes of at least 4 members (excludes halogenated alkanes) is 25. The number of ether oxygens (including phenoxy) is 3. The van der Waals surface area contributed by atoms with Gasteiger partial charge in [-0.3, -0.25) is 14.4 Å². The largest absolute Gasteiger partial charge is 0.462 e. The van der Waals surface area contributed by atoms with Gasteiger partial charge in [0.2, 0.25) is 0 Å². The van der Waals surface area contributed by atoms with Crippen molar-refractivity contribution >= 4 is 17.9 Å². The molecule has 6 heteroatoms. The predicted octanol–water partition coefficient (Wildman–Crippen LogP) is 20.7. The second kappa shape index (κ2) is 60.6. The van der Waals surface area contributed by atoms with Crippen molar-refractivity contribution in [3.63, 3.8) is 0 Å². The van der Waals surface area contributed by atoms with Gasteiger partial charge in [-0.15, -0.1) is 0 Å². The topological polar surface area (TPSA) is 78.9 Å². The molecule has 0 heterocycles. The minimum absolute atomic E-state index is 0.0955. The van der Waals surface area contributed by atoms with Crippen molar-refractivity contribution in [2.45, 2.75) is 284 Å². The van der Waals surface area contributed by atoms with Crippen LogP contribution in [0.3, 0.4) is 0 Å². The number of rotatable bonds is 54. The molecule has 73 heavy (non-hydrogen) atoms. The lowest BCUT2D eigenvalue weighted by Crippen LogP contribution is -2.30. The molecule has 416 valence electrons. The minimum atomic E-state index is -0.799. The molecule has 1 unspecified atom stereocenters. The summed E-state index contributed by atoms with van der Waals surface area (Å²) in [4.78, 5) is 38.1. The van der Waals surface area contributed by atoms with Crippen molar-refractivity contribution in [3.8, 4) is 0 Å². The highest BCUT2D eigenvalue weighted by atomic mass is 16.6. The third-order valence-corrected chi connectivity index (χ3v) is 12.7. The van der Waals surface area contributed by atoms with Gasteiger partial charge in [-0.2, -0.15) is 0 Å². The van der Waals surface area contributed by atoms with Crippen LogP contribution < -0.4 is 0 Å². The van der Waals surface area contributed by atoms with Crippen molar-refractivity contribution in [1.82, 2.24) is 0 Å². The van der Waals surface area contributed by atoms with Crippen LogP contribution in [0.2, 0.25) is 0 Å². The van der Waals surface area contributed by atoms with Gasteiger partial charge >= 0.3 is 17.9 Å². The molecule has 0 spiro atoms. The average molecular weight is 1010 g/mol. The Morgan fingerprint density at radius 2 is 0.562 bits per heavy atom. The van der Waals surface area contributed by atoms with Gasteiger partial charge in [-0.05, 0) is 103 Å². The molecule has 0 aromatic heterocycles. The van der Waals surface area contributed by atoms with Crippen molar-refractivity contribution in [2.24, 2.45) is 0 Å².